The molecule has 0 unspecified atom stereocenters. The first-order valence-electron chi connectivity index (χ1n) is 6.21. The molecule has 1 heterocycles. The van der Waals surface area contributed by atoms with Crippen molar-refractivity contribution in [3.8, 4) is 11.8 Å². The number of pyridine rings is 1. The molecule has 0 saturated carbocycles. The molecule has 0 atom stereocenters. The van der Waals surface area contributed by atoms with Gasteiger partial charge in [0.25, 0.3) is 0 Å². The van der Waals surface area contributed by atoms with Crippen LogP contribution in [0.25, 0.3) is 0 Å². The molecule has 0 aliphatic heterocycles. The molecule has 0 fully saturated rings. The van der Waals surface area contributed by atoms with Crippen LogP contribution in [0.3, 0.4) is 0 Å². The van der Waals surface area contributed by atoms with E-state index < -0.39 is 0 Å². The van der Waals surface area contributed by atoms with Crippen molar-refractivity contribution in [2.45, 2.75) is 39.0 Å². The number of ether oxygens (including phenoxy) is 2. The van der Waals surface area contributed by atoms with Gasteiger partial charge < -0.3 is 15.2 Å². The second-order valence-electron chi connectivity index (χ2n) is 4.01. The third kappa shape index (κ3) is 4.93. The van der Waals surface area contributed by atoms with Crippen molar-refractivity contribution >= 4 is 5.69 Å². The molecule has 0 aliphatic carbocycles. The summed E-state index contributed by atoms with van der Waals surface area (Å²) in [6.45, 7) is 2.91. The van der Waals surface area contributed by atoms with E-state index in [1.807, 2.05) is 0 Å². The first-order chi connectivity index (χ1) is 8.27. The van der Waals surface area contributed by atoms with E-state index in [0.29, 0.717) is 24.1 Å². The Labute approximate surface area is 103 Å². The Kier molecular flexibility index (Phi) is 6.22. The highest BCUT2D eigenvalue weighted by Crippen LogP contribution is 2.21. The smallest absolute Gasteiger partial charge is 0.240 e. The van der Waals surface area contributed by atoms with E-state index in [0.717, 1.165) is 6.42 Å². The fraction of sp³-hybridized carbons (Fsp3) is 0.615. The van der Waals surface area contributed by atoms with Gasteiger partial charge in [-0.3, -0.25) is 0 Å². The molecule has 1 rings (SSSR count). The Morgan fingerprint density at radius 1 is 1.18 bits per heavy atom. The summed E-state index contributed by atoms with van der Waals surface area (Å²) in [5.41, 5.74) is 6.20. The van der Waals surface area contributed by atoms with Crippen LogP contribution in [0, 0.1) is 0 Å². The average Bonchev–Trinajstić information content (AvgIpc) is 2.35. The number of nitrogen functional groups attached to an aromatic ring is 1. The quantitative estimate of drug-likeness (QED) is 0.707. The van der Waals surface area contributed by atoms with Gasteiger partial charge in [-0.25, -0.2) is 0 Å². The van der Waals surface area contributed by atoms with Crippen LogP contribution in [0.15, 0.2) is 12.1 Å². The Morgan fingerprint density at radius 2 is 1.94 bits per heavy atom. The van der Waals surface area contributed by atoms with Gasteiger partial charge in [0.1, 0.15) is 0 Å². The van der Waals surface area contributed by atoms with Crippen LogP contribution in [0.5, 0.6) is 11.8 Å². The van der Waals surface area contributed by atoms with Gasteiger partial charge in [-0.15, -0.1) is 0 Å². The molecule has 4 nitrogen and oxygen atoms in total. The molecule has 2 N–H and O–H groups in total. The van der Waals surface area contributed by atoms with E-state index in [4.69, 9.17) is 15.2 Å². The lowest BCUT2D eigenvalue weighted by atomic mass is 10.2. The maximum atomic E-state index is 5.67. The van der Waals surface area contributed by atoms with E-state index in [1.54, 1.807) is 19.2 Å². The number of unbranched alkanes of at least 4 members (excludes halogenated alkanes) is 4. The minimum absolute atomic E-state index is 0.425. The second-order valence-corrected chi connectivity index (χ2v) is 4.01. The number of nitrogens with two attached hydrogens (primary N) is 1. The zero-order valence-corrected chi connectivity index (χ0v) is 10.7. The number of aromatic nitrogens is 1. The van der Waals surface area contributed by atoms with Crippen LogP contribution < -0.4 is 15.2 Å². The van der Waals surface area contributed by atoms with E-state index in [1.165, 1.54) is 25.7 Å². The third-order valence-corrected chi connectivity index (χ3v) is 2.56. The zero-order valence-electron chi connectivity index (χ0n) is 10.7. The molecule has 0 radical (unpaired) electrons. The zero-order chi connectivity index (χ0) is 12.5. The molecule has 0 bridgehead atoms. The molecule has 0 spiro atoms. The molecule has 0 aromatic carbocycles. The number of anilines is 1. The molecule has 96 valence electrons. The normalized spacial score (nSPS) is 10.2. The number of methoxy groups -OCH3 is 1. The standard InChI is InChI=1S/C13H22N2O2/c1-3-4-5-6-7-10-17-12-9-8-11(14)13(15-12)16-2/h8-9H,3-7,10,14H2,1-2H3. The highest BCUT2D eigenvalue weighted by Gasteiger charge is 2.03. The molecule has 17 heavy (non-hydrogen) atoms. The highest BCUT2D eigenvalue weighted by atomic mass is 16.5. The fourth-order valence-electron chi connectivity index (χ4n) is 1.56. The Balaban J connectivity index is 2.27. The average molecular weight is 238 g/mol. The number of rotatable bonds is 8. The summed E-state index contributed by atoms with van der Waals surface area (Å²) in [5.74, 6) is 1.00. The molecule has 0 aliphatic rings. The first-order valence-corrected chi connectivity index (χ1v) is 6.21. The molecule has 4 heteroatoms. The molecule has 0 saturated heterocycles. The van der Waals surface area contributed by atoms with Crippen LogP contribution in [0.2, 0.25) is 0 Å². The third-order valence-electron chi connectivity index (χ3n) is 2.56. The molecular weight excluding hydrogens is 216 g/mol. The van der Waals surface area contributed by atoms with Gasteiger partial charge >= 0.3 is 0 Å². The highest BCUT2D eigenvalue weighted by molar-refractivity contribution is 5.49. The Bertz CT molecular complexity index is 329. The van der Waals surface area contributed by atoms with Crippen LogP contribution in [-0.4, -0.2) is 18.7 Å². The number of hydrogen-bond donors (Lipinski definition) is 1. The fourth-order valence-corrected chi connectivity index (χ4v) is 1.56. The Morgan fingerprint density at radius 3 is 2.65 bits per heavy atom. The minimum atomic E-state index is 0.425. The Hall–Kier alpha value is -1.45. The van der Waals surface area contributed by atoms with Crippen molar-refractivity contribution in [1.82, 2.24) is 4.98 Å². The first kappa shape index (κ1) is 13.6. The topological polar surface area (TPSA) is 57.4 Å². The van der Waals surface area contributed by atoms with Crippen molar-refractivity contribution in [3.63, 3.8) is 0 Å². The van der Waals surface area contributed by atoms with Gasteiger partial charge in [0.15, 0.2) is 0 Å². The summed E-state index contributed by atoms with van der Waals surface area (Å²) in [5, 5.41) is 0. The summed E-state index contributed by atoms with van der Waals surface area (Å²) in [6.07, 6.45) is 6.11. The maximum absolute atomic E-state index is 5.67. The van der Waals surface area contributed by atoms with Gasteiger partial charge in [-0.1, -0.05) is 32.6 Å². The SMILES string of the molecule is CCCCCCCOc1ccc(N)c(OC)n1. The largest absolute Gasteiger partial charge is 0.479 e. The summed E-state index contributed by atoms with van der Waals surface area (Å²) < 4.78 is 10.6. The van der Waals surface area contributed by atoms with Crippen LogP contribution in [-0.2, 0) is 0 Å². The summed E-state index contributed by atoms with van der Waals surface area (Å²) in [6, 6.07) is 3.52. The van der Waals surface area contributed by atoms with Crippen molar-refractivity contribution in [2.24, 2.45) is 0 Å². The predicted octanol–water partition coefficient (Wildman–Crippen LogP) is 3.02. The second kappa shape index (κ2) is 7.76. The molecular formula is C13H22N2O2. The van der Waals surface area contributed by atoms with Gasteiger partial charge in [0, 0.05) is 6.07 Å². The van der Waals surface area contributed by atoms with Crippen molar-refractivity contribution in [1.29, 1.82) is 0 Å². The lowest BCUT2D eigenvalue weighted by Crippen LogP contribution is -2.01. The minimum Gasteiger partial charge on any atom is -0.479 e. The lowest BCUT2D eigenvalue weighted by molar-refractivity contribution is 0.287. The summed E-state index contributed by atoms with van der Waals surface area (Å²) >= 11 is 0. The van der Waals surface area contributed by atoms with Gasteiger partial charge in [0.05, 0.1) is 19.4 Å². The van der Waals surface area contributed by atoms with Gasteiger partial charge in [-0.05, 0) is 12.5 Å². The van der Waals surface area contributed by atoms with Crippen molar-refractivity contribution in [3.05, 3.63) is 12.1 Å². The van der Waals surface area contributed by atoms with Crippen LogP contribution in [0.1, 0.15) is 39.0 Å². The van der Waals surface area contributed by atoms with Crippen LogP contribution in [0.4, 0.5) is 5.69 Å². The van der Waals surface area contributed by atoms with E-state index in [2.05, 4.69) is 11.9 Å². The van der Waals surface area contributed by atoms with Gasteiger partial charge in [-0.2, -0.15) is 4.98 Å². The molecule has 0 amide bonds. The van der Waals surface area contributed by atoms with E-state index in [-0.39, 0.29) is 0 Å². The predicted molar refractivity (Wildman–Crippen MR) is 69.5 cm³/mol. The number of hydrogen-bond acceptors (Lipinski definition) is 4. The van der Waals surface area contributed by atoms with E-state index in [9.17, 15) is 0 Å². The summed E-state index contributed by atoms with van der Waals surface area (Å²) in [7, 11) is 1.55. The van der Waals surface area contributed by atoms with Gasteiger partial charge in [0.2, 0.25) is 11.8 Å². The lowest BCUT2D eigenvalue weighted by Gasteiger charge is -2.08. The number of nitrogens with zero attached hydrogens (tertiary/aromatic N) is 1. The van der Waals surface area contributed by atoms with Crippen LogP contribution >= 0.6 is 0 Å². The summed E-state index contributed by atoms with van der Waals surface area (Å²) in [4.78, 5) is 4.16. The van der Waals surface area contributed by atoms with Crippen molar-refractivity contribution < 1.29 is 9.47 Å². The monoisotopic (exact) mass is 238 g/mol. The van der Waals surface area contributed by atoms with E-state index >= 15 is 0 Å². The molecule has 1 aromatic heterocycles. The van der Waals surface area contributed by atoms with Crippen molar-refractivity contribution in [2.75, 3.05) is 19.5 Å². The maximum Gasteiger partial charge on any atom is 0.240 e. The molecule has 1 aromatic rings.